The Bertz CT molecular complexity index is 422. The summed E-state index contributed by atoms with van der Waals surface area (Å²) in [5.41, 5.74) is 1.67. The lowest BCUT2D eigenvalue weighted by Crippen LogP contribution is -2.56. The number of methoxy groups -OCH3 is 1. The normalized spacial score (nSPS) is 22.6. The first kappa shape index (κ1) is 15.3. The predicted octanol–water partition coefficient (Wildman–Crippen LogP) is 3.08. The van der Waals surface area contributed by atoms with E-state index in [4.69, 9.17) is 4.74 Å². The van der Waals surface area contributed by atoms with Gasteiger partial charge in [0.2, 0.25) is 0 Å². The Morgan fingerprint density at radius 1 is 1.25 bits per heavy atom. The van der Waals surface area contributed by atoms with Crippen LogP contribution in [0, 0.1) is 5.41 Å². The largest absolute Gasteiger partial charge is 0.497 e. The highest BCUT2D eigenvalue weighted by molar-refractivity contribution is 5.29. The van der Waals surface area contributed by atoms with Crippen LogP contribution in [0.2, 0.25) is 0 Å². The molecule has 1 fully saturated rings. The minimum atomic E-state index is 0.304. The molecule has 0 spiro atoms. The minimum Gasteiger partial charge on any atom is -0.497 e. The van der Waals surface area contributed by atoms with Crippen molar-refractivity contribution in [3.63, 3.8) is 0 Å². The lowest BCUT2D eigenvalue weighted by atomic mass is 9.85. The van der Waals surface area contributed by atoms with E-state index in [-0.39, 0.29) is 0 Å². The summed E-state index contributed by atoms with van der Waals surface area (Å²) in [4.78, 5) is 2.58. The summed E-state index contributed by atoms with van der Waals surface area (Å²) in [6.07, 6.45) is 0. The van der Waals surface area contributed by atoms with Gasteiger partial charge in [-0.1, -0.05) is 32.9 Å². The summed E-state index contributed by atoms with van der Waals surface area (Å²) in [7, 11) is 1.71. The Morgan fingerprint density at radius 2 is 1.90 bits per heavy atom. The monoisotopic (exact) mass is 276 g/mol. The van der Waals surface area contributed by atoms with Gasteiger partial charge < -0.3 is 10.1 Å². The third kappa shape index (κ3) is 3.53. The highest BCUT2D eigenvalue weighted by Crippen LogP contribution is 2.27. The summed E-state index contributed by atoms with van der Waals surface area (Å²) in [6, 6.07) is 9.46. The second-order valence-corrected chi connectivity index (χ2v) is 6.82. The maximum atomic E-state index is 5.23. The highest BCUT2D eigenvalue weighted by Gasteiger charge is 2.31. The average molecular weight is 276 g/mol. The summed E-state index contributed by atoms with van der Waals surface area (Å²) in [5.74, 6) is 0.925. The van der Waals surface area contributed by atoms with Crippen molar-refractivity contribution in [3.05, 3.63) is 29.8 Å². The molecule has 112 valence electrons. The molecule has 20 heavy (non-hydrogen) atoms. The third-order valence-corrected chi connectivity index (χ3v) is 4.40. The minimum absolute atomic E-state index is 0.304. The van der Waals surface area contributed by atoms with Gasteiger partial charge in [0, 0.05) is 31.7 Å². The van der Waals surface area contributed by atoms with Crippen LogP contribution in [0.5, 0.6) is 5.75 Å². The molecule has 2 unspecified atom stereocenters. The summed E-state index contributed by atoms with van der Waals surface area (Å²) in [6.45, 7) is 12.5. The molecular weight excluding hydrogens is 248 g/mol. The second-order valence-electron chi connectivity index (χ2n) is 6.82. The van der Waals surface area contributed by atoms with E-state index < -0.39 is 0 Å². The topological polar surface area (TPSA) is 24.5 Å². The van der Waals surface area contributed by atoms with Crippen molar-refractivity contribution in [2.75, 3.05) is 26.7 Å². The van der Waals surface area contributed by atoms with Crippen LogP contribution in [0.3, 0.4) is 0 Å². The van der Waals surface area contributed by atoms with Gasteiger partial charge in [-0.2, -0.15) is 0 Å². The van der Waals surface area contributed by atoms with E-state index in [1.54, 1.807) is 7.11 Å². The van der Waals surface area contributed by atoms with Gasteiger partial charge in [0.05, 0.1) is 7.11 Å². The van der Waals surface area contributed by atoms with Crippen molar-refractivity contribution in [3.8, 4) is 5.75 Å². The van der Waals surface area contributed by atoms with Crippen LogP contribution >= 0.6 is 0 Å². The van der Waals surface area contributed by atoms with Gasteiger partial charge in [0.15, 0.2) is 0 Å². The van der Waals surface area contributed by atoms with Crippen LogP contribution in [-0.2, 0) is 0 Å². The Balaban J connectivity index is 2.05. The molecule has 1 saturated heterocycles. The Kier molecular flexibility index (Phi) is 4.71. The maximum absolute atomic E-state index is 5.23. The van der Waals surface area contributed by atoms with E-state index in [1.807, 2.05) is 0 Å². The van der Waals surface area contributed by atoms with E-state index >= 15 is 0 Å². The van der Waals surface area contributed by atoms with Gasteiger partial charge in [-0.05, 0) is 30.0 Å². The standard InChI is InChI=1S/C17H28N2O/c1-13(14-6-8-15(20-5)9-7-14)19-11-10-18-16(12-19)17(2,3)4/h6-9,13,16,18H,10-12H2,1-5H3. The average Bonchev–Trinajstić information content (AvgIpc) is 2.46. The molecule has 1 heterocycles. The molecule has 3 nitrogen and oxygen atoms in total. The molecule has 0 radical (unpaired) electrons. The van der Waals surface area contributed by atoms with Crippen LogP contribution in [-0.4, -0.2) is 37.7 Å². The fourth-order valence-electron chi connectivity index (χ4n) is 2.80. The molecule has 1 aromatic rings. The second kappa shape index (κ2) is 6.15. The van der Waals surface area contributed by atoms with E-state index in [0.717, 1.165) is 25.4 Å². The zero-order valence-corrected chi connectivity index (χ0v) is 13.4. The fraction of sp³-hybridized carbons (Fsp3) is 0.647. The van der Waals surface area contributed by atoms with Crippen LogP contribution in [0.4, 0.5) is 0 Å². The Labute approximate surface area is 123 Å². The zero-order chi connectivity index (χ0) is 14.8. The number of nitrogens with one attached hydrogen (secondary N) is 1. The first-order valence-corrected chi connectivity index (χ1v) is 7.53. The van der Waals surface area contributed by atoms with Crippen molar-refractivity contribution in [2.45, 2.75) is 39.8 Å². The molecule has 3 heteroatoms. The van der Waals surface area contributed by atoms with Gasteiger partial charge in [-0.15, -0.1) is 0 Å². The van der Waals surface area contributed by atoms with Crippen molar-refractivity contribution in [1.82, 2.24) is 10.2 Å². The number of nitrogens with zero attached hydrogens (tertiary/aromatic N) is 1. The van der Waals surface area contributed by atoms with Crippen LogP contribution < -0.4 is 10.1 Å². The van der Waals surface area contributed by atoms with E-state index in [9.17, 15) is 0 Å². The van der Waals surface area contributed by atoms with E-state index in [0.29, 0.717) is 17.5 Å². The molecular formula is C17H28N2O. The molecule has 0 aliphatic carbocycles. The highest BCUT2D eigenvalue weighted by atomic mass is 16.5. The summed E-state index contributed by atoms with van der Waals surface area (Å²) < 4.78 is 5.23. The summed E-state index contributed by atoms with van der Waals surface area (Å²) in [5, 5.41) is 3.65. The Hall–Kier alpha value is -1.06. The lowest BCUT2D eigenvalue weighted by Gasteiger charge is -2.43. The maximum Gasteiger partial charge on any atom is 0.118 e. The molecule has 2 rings (SSSR count). The fourth-order valence-corrected chi connectivity index (χ4v) is 2.80. The quantitative estimate of drug-likeness (QED) is 0.918. The SMILES string of the molecule is COc1ccc(C(C)N2CCNC(C(C)(C)C)C2)cc1. The number of rotatable bonds is 3. The van der Waals surface area contributed by atoms with Crippen LogP contribution in [0.15, 0.2) is 24.3 Å². The van der Waals surface area contributed by atoms with Gasteiger partial charge in [-0.3, -0.25) is 4.90 Å². The molecule has 1 aliphatic heterocycles. The number of benzene rings is 1. The molecule has 2 atom stereocenters. The first-order valence-electron chi connectivity index (χ1n) is 7.53. The molecule has 0 bridgehead atoms. The molecule has 1 N–H and O–H groups in total. The third-order valence-electron chi connectivity index (χ3n) is 4.40. The number of hydrogen-bond donors (Lipinski definition) is 1. The number of piperazine rings is 1. The summed E-state index contributed by atoms with van der Waals surface area (Å²) >= 11 is 0. The lowest BCUT2D eigenvalue weighted by molar-refractivity contribution is 0.104. The predicted molar refractivity (Wildman–Crippen MR) is 84.2 cm³/mol. The van der Waals surface area contributed by atoms with Crippen molar-refractivity contribution in [1.29, 1.82) is 0 Å². The molecule has 1 aliphatic rings. The van der Waals surface area contributed by atoms with Crippen molar-refractivity contribution in [2.24, 2.45) is 5.41 Å². The van der Waals surface area contributed by atoms with Gasteiger partial charge in [0.25, 0.3) is 0 Å². The van der Waals surface area contributed by atoms with Crippen LogP contribution in [0.25, 0.3) is 0 Å². The first-order chi connectivity index (χ1) is 9.41. The van der Waals surface area contributed by atoms with Crippen LogP contribution in [0.1, 0.15) is 39.3 Å². The number of ether oxygens (including phenoxy) is 1. The van der Waals surface area contributed by atoms with Gasteiger partial charge >= 0.3 is 0 Å². The smallest absolute Gasteiger partial charge is 0.118 e. The Morgan fingerprint density at radius 3 is 2.45 bits per heavy atom. The van der Waals surface area contributed by atoms with E-state index in [2.05, 4.69) is 62.2 Å². The van der Waals surface area contributed by atoms with Crippen molar-refractivity contribution < 1.29 is 4.74 Å². The van der Waals surface area contributed by atoms with Gasteiger partial charge in [0.1, 0.15) is 5.75 Å². The molecule has 0 saturated carbocycles. The van der Waals surface area contributed by atoms with Gasteiger partial charge in [-0.25, -0.2) is 0 Å². The molecule has 1 aromatic carbocycles. The number of hydrogen-bond acceptors (Lipinski definition) is 3. The molecule has 0 amide bonds. The zero-order valence-electron chi connectivity index (χ0n) is 13.4. The van der Waals surface area contributed by atoms with Crippen molar-refractivity contribution >= 4 is 0 Å². The van der Waals surface area contributed by atoms with E-state index in [1.165, 1.54) is 5.56 Å². The molecule has 0 aromatic heterocycles.